The molecule has 0 spiro atoms. The number of benzene rings is 2. The molecule has 0 aliphatic carbocycles. The highest BCUT2D eigenvalue weighted by molar-refractivity contribution is 14.0. The summed E-state index contributed by atoms with van der Waals surface area (Å²) in [5.74, 6) is 0.839. The fraction of sp³-hybridized carbons (Fsp3) is 0.391. The second-order valence-electron chi connectivity index (χ2n) is 7.54. The molecule has 2 saturated heterocycles. The number of carbonyl (C=O) groups is 1. The molecular weight excluding hydrogens is 505 g/mol. The summed E-state index contributed by atoms with van der Waals surface area (Å²) >= 11 is 0. The van der Waals surface area contributed by atoms with Crippen molar-refractivity contribution >= 4 is 47.2 Å². The summed E-state index contributed by atoms with van der Waals surface area (Å²) in [5, 5.41) is 6.82. The van der Waals surface area contributed by atoms with Gasteiger partial charge in [-0.15, -0.1) is 24.0 Å². The second kappa shape index (κ2) is 11.3. The van der Waals surface area contributed by atoms with Crippen LogP contribution in [0.1, 0.15) is 12.0 Å². The number of amides is 1. The van der Waals surface area contributed by atoms with Gasteiger partial charge in [-0.2, -0.15) is 0 Å². The molecule has 2 heterocycles. The third kappa shape index (κ3) is 5.88. The highest BCUT2D eigenvalue weighted by Gasteiger charge is 2.31. The number of aliphatic imine (C=N–C) groups is 1. The van der Waals surface area contributed by atoms with Crippen molar-refractivity contribution in [1.29, 1.82) is 0 Å². The maximum Gasteiger partial charge on any atom is 0.229 e. The van der Waals surface area contributed by atoms with Crippen molar-refractivity contribution in [1.82, 2.24) is 10.6 Å². The Bertz CT molecular complexity index is 887. The van der Waals surface area contributed by atoms with E-state index in [1.54, 1.807) is 7.05 Å². The minimum atomic E-state index is 0. The van der Waals surface area contributed by atoms with Gasteiger partial charge in [0.1, 0.15) is 0 Å². The van der Waals surface area contributed by atoms with Crippen molar-refractivity contribution in [3.63, 3.8) is 0 Å². The van der Waals surface area contributed by atoms with Gasteiger partial charge in [-0.25, -0.2) is 0 Å². The molecular formula is C23H30IN5O2. The highest BCUT2D eigenvalue weighted by atomic mass is 127. The van der Waals surface area contributed by atoms with Crippen LogP contribution in [0.3, 0.4) is 0 Å². The average Bonchev–Trinajstić information content (AvgIpc) is 3.18. The molecule has 2 aliphatic heterocycles. The molecule has 1 unspecified atom stereocenters. The molecule has 1 atom stereocenters. The summed E-state index contributed by atoms with van der Waals surface area (Å²) in [6.07, 6.45) is 0.458. The highest BCUT2D eigenvalue weighted by Crippen LogP contribution is 2.22. The van der Waals surface area contributed by atoms with E-state index in [1.165, 1.54) is 11.3 Å². The normalized spacial score (nSPS) is 19.2. The number of hydrogen-bond donors (Lipinski definition) is 2. The molecule has 2 aromatic rings. The first-order valence-electron chi connectivity index (χ1n) is 10.5. The topological polar surface area (TPSA) is 69.2 Å². The van der Waals surface area contributed by atoms with E-state index in [0.717, 1.165) is 32.0 Å². The zero-order chi connectivity index (χ0) is 20.8. The lowest BCUT2D eigenvalue weighted by atomic mass is 10.1. The lowest BCUT2D eigenvalue weighted by molar-refractivity contribution is -0.117. The largest absolute Gasteiger partial charge is 0.378 e. The molecule has 166 valence electrons. The fourth-order valence-corrected chi connectivity index (χ4v) is 4.00. The SMILES string of the molecule is CN=C(NCc1ccccc1N1CCOCC1)NC1CC(=O)N(c2ccccc2)C1.I. The van der Waals surface area contributed by atoms with Crippen LogP contribution in [-0.4, -0.2) is 57.8 Å². The van der Waals surface area contributed by atoms with Crippen LogP contribution in [0.5, 0.6) is 0 Å². The summed E-state index contributed by atoms with van der Waals surface area (Å²) < 4.78 is 5.48. The van der Waals surface area contributed by atoms with Gasteiger partial charge < -0.3 is 25.2 Å². The van der Waals surface area contributed by atoms with Crippen LogP contribution in [0.4, 0.5) is 11.4 Å². The first kappa shape index (κ1) is 23.3. The smallest absolute Gasteiger partial charge is 0.229 e. The van der Waals surface area contributed by atoms with E-state index in [0.29, 0.717) is 25.5 Å². The Morgan fingerprint density at radius 2 is 1.81 bits per heavy atom. The van der Waals surface area contributed by atoms with Gasteiger partial charge in [-0.1, -0.05) is 36.4 Å². The predicted octanol–water partition coefficient (Wildman–Crippen LogP) is 2.61. The first-order chi connectivity index (χ1) is 14.7. The quantitative estimate of drug-likeness (QED) is 0.350. The molecule has 0 bridgehead atoms. The van der Waals surface area contributed by atoms with E-state index in [9.17, 15) is 4.79 Å². The Balaban J connectivity index is 0.00000272. The third-order valence-electron chi connectivity index (χ3n) is 5.55. The number of hydrogen-bond acceptors (Lipinski definition) is 4. The van der Waals surface area contributed by atoms with Gasteiger partial charge in [-0.3, -0.25) is 9.79 Å². The van der Waals surface area contributed by atoms with E-state index in [4.69, 9.17) is 4.74 Å². The Hall–Kier alpha value is -2.33. The molecule has 2 aromatic carbocycles. The van der Waals surface area contributed by atoms with Crippen LogP contribution in [0.25, 0.3) is 0 Å². The lowest BCUT2D eigenvalue weighted by Gasteiger charge is -2.30. The van der Waals surface area contributed by atoms with Crippen molar-refractivity contribution in [3.05, 3.63) is 60.2 Å². The van der Waals surface area contributed by atoms with Crippen LogP contribution < -0.4 is 20.4 Å². The number of rotatable bonds is 5. The molecule has 2 fully saturated rings. The lowest BCUT2D eigenvalue weighted by Crippen LogP contribution is -2.44. The van der Waals surface area contributed by atoms with Crippen LogP contribution in [-0.2, 0) is 16.1 Å². The van der Waals surface area contributed by atoms with Gasteiger partial charge in [0.15, 0.2) is 5.96 Å². The zero-order valence-electron chi connectivity index (χ0n) is 17.8. The number of anilines is 2. The van der Waals surface area contributed by atoms with Gasteiger partial charge in [0.25, 0.3) is 0 Å². The van der Waals surface area contributed by atoms with Crippen molar-refractivity contribution in [2.45, 2.75) is 19.0 Å². The summed E-state index contributed by atoms with van der Waals surface area (Å²) in [4.78, 5) is 21.0. The molecule has 2 aliphatic rings. The molecule has 1 amide bonds. The Morgan fingerprint density at radius 3 is 2.55 bits per heavy atom. The van der Waals surface area contributed by atoms with Crippen LogP contribution in [0.2, 0.25) is 0 Å². The summed E-state index contributed by atoms with van der Waals surface area (Å²) in [6, 6.07) is 18.3. The standard InChI is InChI=1S/C23H29N5O2.HI/c1-24-23(26-19-15-22(29)28(17-19)20-8-3-2-4-9-20)25-16-18-7-5-6-10-21(18)27-11-13-30-14-12-27;/h2-10,19H,11-17H2,1H3,(H2,24,25,26);1H. The van der Waals surface area contributed by atoms with Gasteiger partial charge in [0, 0.05) is 51.0 Å². The molecule has 0 saturated carbocycles. The second-order valence-corrected chi connectivity index (χ2v) is 7.54. The number of morpholine rings is 1. The number of nitrogens with one attached hydrogen (secondary N) is 2. The average molecular weight is 535 g/mol. The number of carbonyl (C=O) groups excluding carboxylic acids is 1. The minimum absolute atomic E-state index is 0. The van der Waals surface area contributed by atoms with Crippen molar-refractivity contribution < 1.29 is 9.53 Å². The van der Waals surface area contributed by atoms with E-state index >= 15 is 0 Å². The fourth-order valence-electron chi connectivity index (χ4n) is 4.00. The number of nitrogens with zero attached hydrogens (tertiary/aromatic N) is 3. The van der Waals surface area contributed by atoms with Crippen molar-refractivity contribution in [2.75, 3.05) is 49.7 Å². The summed E-state index contributed by atoms with van der Waals surface area (Å²) in [5.41, 5.74) is 3.39. The van der Waals surface area contributed by atoms with Gasteiger partial charge in [-0.05, 0) is 23.8 Å². The maximum absolute atomic E-state index is 12.5. The monoisotopic (exact) mass is 535 g/mol. The summed E-state index contributed by atoms with van der Waals surface area (Å²) in [6.45, 7) is 4.63. The van der Waals surface area contributed by atoms with Crippen LogP contribution >= 0.6 is 24.0 Å². The maximum atomic E-state index is 12.5. The molecule has 8 heteroatoms. The molecule has 7 nitrogen and oxygen atoms in total. The number of guanidine groups is 1. The van der Waals surface area contributed by atoms with E-state index in [-0.39, 0.29) is 35.9 Å². The predicted molar refractivity (Wildman–Crippen MR) is 135 cm³/mol. The Kier molecular flexibility index (Phi) is 8.53. The molecule has 31 heavy (non-hydrogen) atoms. The minimum Gasteiger partial charge on any atom is -0.378 e. The Labute approximate surface area is 200 Å². The first-order valence-corrected chi connectivity index (χ1v) is 10.5. The van der Waals surface area contributed by atoms with Gasteiger partial charge in [0.2, 0.25) is 5.91 Å². The Morgan fingerprint density at radius 1 is 1.10 bits per heavy atom. The van der Waals surface area contributed by atoms with E-state index in [1.807, 2.05) is 35.2 Å². The van der Waals surface area contributed by atoms with Gasteiger partial charge >= 0.3 is 0 Å². The van der Waals surface area contributed by atoms with Crippen molar-refractivity contribution in [3.8, 4) is 0 Å². The number of ether oxygens (including phenoxy) is 1. The third-order valence-corrected chi connectivity index (χ3v) is 5.55. The van der Waals surface area contributed by atoms with E-state index < -0.39 is 0 Å². The molecule has 0 radical (unpaired) electrons. The van der Waals surface area contributed by atoms with Crippen LogP contribution in [0, 0.1) is 0 Å². The summed E-state index contributed by atoms with van der Waals surface area (Å²) in [7, 11) is 1.76. The van der Waals surface area contributed by atoms with Crippen molar-refractivity contribution in [2.24, 2.45) is 4.99 Å². The number of para-hydroxylation sites is 2. The van der Waals surface area contributed by atoms with Crippen LogP contribution in [0.15, 0.2) is 59.6 Å². The molecule has 4 rings (SSSR count). The molecule has 0 aromatic heterocycles. The zero-order valence-corrected chi connectivity index (χ0v) is 20.1. The van der Waals surface area contributed by atoms with Gasteiger partial charge in [0.05, 0.1) is 19.3 Å². The van der Waals surface area contributed by atoms with E-state index in [2.05, 4.69) is 44.8 Å². The number of halogens is 1. The molecule has 2 N–H and O–H groups in total.